The third-order valence-electron chi connectivity index (χ3n) is 5.08. The van der Waals surface area contributed by atoms with Crippen LogP contribution >= 0.6 is 22.9 Å². The van der Waals surface area contributed by atoms with Gasteiger partial charge in [0, 0.05) is 30.0 Å². The summed E-state index contributed by atoms with van der Waals surface area (Å²) in [7, 11) is 0. The number of esters is 1. The number of benzene rings is 1. The van der Waals surface area contributed by atoms with Crippen molar-refractivity contribution in [3.05, 3.63) is 40.4 Å². The van der Waals surface area contributed by atoms with E-state index < -0.39 is 0 Å². The summed E-state index contributed by atoms with van der Waals surface area (Å²) in [6.07, 6.45) is 3.40. The number of hydrogen-bond donors (Lipinski definition) is 0. The summed E-state index contributed by atoms with van der Waals surface area (Å²) in [5.74, 6) is 0.178. The SMILES string of the molecule is O=C(OCc1csc(-c2ccccc2Cl)n1)C1CCN(C(=O)C2CC2)CC1. The van der Waals surface area contributed by atoms with Gasteiger partial charge >= 0.3 is 5.97 Å². The number of nitrogens with zero attached hydrogens (tertiary/aromatic N) is 2. The molecular formula is C20H21ClN2O3S. The van der Waals surface area contributed by atoms with Crippen molar-refractivity contribution < 1.29 is 14.3 Å². The molecule has 1 aliphatic carbocycles. The number of hydrogen-bond acceptors (Lipinski definition) is 5. The number of ether oxygens (including phenoxy) is 1. The lowest BCUT2D eigenvalue weighted by Gasteiger charge is -2.31. The van der Waals surface area contributed by atoms with Crippen LogP contribution in [0.1, 0.15) is 31.4 Å². The first-order valence-electron chi connectivity index (χ1n) is 9.26. The van der Waals surface area contributed by atoms with Crippen molar-refractivity contribution in [2.75, 3.05) is 13.1 Å². The van der Waals surface area contributed by atoms with E-state index in [9.17, 15) is 9.59 Å². The highest BCUT2D eigenvalue weighted by molar-refractivity contribution is 7.13. The monoisotopic (exact) mass is 404 g/mol. The first-order chi connectivity index (χ1) is 13.1. The maximum atomic E-state index is 12.4. The number of amides is 1. The number of carbonyl (C=O) groups is 2. The molecule has 0 spiro atoms. The normalized spacial score (nSPS) is 17.7. The van der Waals surface area contributed by atoms with Crippen molar-refractivity contribution in [2.45, 2.75) is 32.3 Å². The average Bonchev–Trinajstić information content (AvgIpc) is 3.44. The zero-order chi connectivity index (χ0) is 18.8. The Kier molecular flexibility index (Phi) is 5.45. The van der Waals surface area contributed by atoms with E-state index in [0.29, 0.717) is 31.0 Å². The molecule has 2 aromatic rings. The van der Waals surface area contributed by atoms with Crippen LogP contribution in [-0.4, -0.2) is 34.8 Å². The Labute approximate surface area is 167 Å². The third-order valence-corrected chi connectivity index (χ3v) is 6.34. The van der Waals surface area contributed by atoms with E-state index >= 15 is 0 Å². The van der Waals surface area contributed by atoms with Gasteiger partial charge in [0.05, 0.1) is 16.6 Å². The van der Waals surface area contributed by atoms with Gasteiger partial charge in [-0.3, -0.25) is 9.59 Å². The molecule has 27 heavy (non-hydrogen) atoms. The number of carbonyl (C=O) groups excluding carboxylic acids is 2. The molecule has 1 aliphatic heterocycles. The van der Waals surface area contributed by atoms with Crippen molar-refractivity contribution in [3.63, 3.8) is 0 Å². The molecule has 1 aromatic heterocycles. The summed E-state index contributed by atoms with van der Waals surface area (Å²) in [4.78, 5) is 30.9. The predicted molar refractivity (Wildman–Crippen MR) is 104 cm³/mol. The molecule has 5 nitrogen and oxygen atoms in total. The molecule has 7 heteroatoms. The maximum absolute atomic E-state index is 12.4. The van der Waals surface area contributed by atoms with E-state index in [1.807, 2.05) is 34.5 Å². The molecule has 2 aliphatic rings. The lowest BCUT2D eigenvalue weighted by atomic mass is 9.97. The fraction of sp³-hybridized carbons (Fsp3) is 0.450. The van der Waals surface area contributed by atoms with Crippen LogP contribution in [0.25, 0.3) is 10.6 Å². The Morgan fingerprint density at radius 3 is 2.59 bits per heavy atom. The van der Waals surface area contributed by atoms with Crippen LogP contribution in [0.5, 0.6) is 0 Å². The lowest BCUT2D eigenvalue weighted by Crippen LogP contribution is -2.41. The van der Waals surface area contributed by atoms with E-state index in [1.165, 1.54) is 11.3 Å². The number of thiazole rings is 1. The molecule has 0 atom stereocenters. The van der Waals surface area contributed by atoms with Gasteiger partial charge in [0.25, 0.3) is 0 Å². The second-order valence-electron chi connectivity index (χ2n) is 7.11. The van der Waals surface area contributed by atoms with Gasteiger partial charge in [-0.05, 0) is 31.7 Å². The summed E-state index contributed by atoms with van der Waals surface area (Å²) < 4.78 is 5.47. The van der Waals surface area contributed by atoms with Crippen molar-refractivity contribution >= 4 is 34.8 Å². The van der Waals surface area contributed by atoms with Gasteiger partial charge in [0.1, 0.15) is 11.6 Å². The third kappa shape index (κ3) is 4.33. The molecule has 1 saturated heterocycles. The summed E-state index contributed by atoms with van der Waals surface area (Å²) >= 11 is 7.69. The fourth-order valence-corrected chi connectivity index (χ4v) is 4.44. The highest BCUT2D eigenvalue weighted by Gasteiger charge is 2.36. The van der Waals surface area contributed by atoms with Gasteiger partial charge in [-0.1, -0.05) is 29.8 Å². The van der Waals surface area contributed by atoms with Crippen LogP contribution in [0.2, 0.25) is 5.02 Å². The molecule has 1 amide bonds. The van der Waals surface area contributed by atoms with E-state index in [2.05, 4.69) is 4.98 Å². The van der Waals surface area contributed by atoms with Crippen molar-refractivity contribution in [2.24, 2.45) is 11.8 Å². The quantitative estimate of drug-likeness (QED) is 0.702. The molecule has 0 unspecified atom stereocenters. The molecule has 0 radical (unpaired) electrons. The summed E-state index contributed by atoms with van der Waals surface area (Å²) in [5, 5.41) is 3.37. The first kappa shape index (κ1) is 18.4. The highest BCUT2D eigenvalue weighted by Crippen LogP contribution is 2.33. The minimum atomic E-state index is -0.194. The molecule has 1 aromatic carbocycles. The maximum Gasteiger partial charge on any atom is 0.309 e. The van der Waals surface area contributed by atoms with Crippen LogP contribution in [0.4, 0.5) is 0 Å². The van der Waals surface area contributed by atoms with E-state index in [4.69, 9.17) is 16.3 Å². The van der Waals surface area contributed by atoms with E-state index in [1.54, 1.807) is 0 Å². The van der Waals surface area contributed by atoms with Gasteiger partial charge in [0.2, 0.25) is 5.91 Å². The van der Waals surface area contributed by atoms with Crippen LogP contribution in [-0.2, 0) is 20.9 Å². The molecule has 4 rings (SSSR count). The molecule has 0 bridgehead atoms. The Morgan fingerprint density at radius 2 is 1.89 bits per heavy atom. The van der Waals surface area contributed by atoms with Gasteiger partial charge in [0.15, 0.2) is 0 Å². The van der Waals surface area contributed by atoms with Gasteiger partial charge in [-0.15, -0.1) is 11.3 Å². The van der Waals surface area contributed by atoms with E-state index in [-0.39, 0.29) is 30.3 Å². The van der Waals surface area contributed by atoms with Gasteiger partial charge < -0.3 is 9.64 Å². The molecular weight excluding hydrogens is 384 g/mol. The van der Waals surface area contributed by atoms with Crippen LogP contribution < -0.4 is 0 Å². The van der Waals surface area contributed by atoms with E-state index in [0.717, 1.165) is 29.1 Å². The number of halogens is 1. The van der Waals surface area contributed by atoms with Gasteiger partial charge in [-0.2, -0.15) is 0 Å². The summed E-state index contributed by atoms with van der Waals surface area (Å²) in [5.41, 5.74) is 1.61. The van der Waals surface area contributed by atoms with Crippen molar-refractivity contribution in [3.8, 4) is 10.6 Å². The Hall–Kier alpha value is -1.92. The Morgan fingerprint density at radius 1 is 1.15 bits per heavy atom. The summed E-state index contributed by atoms with van der Waals surface area (Å²) in [6.45, 7) is 1.48. The average molecular weight is 405 g/mol. The molecule has 1 saturated carbocycles. The fourth-order valence-electron chi connectivity index (χ4n) is 3.32. The molecule has 2 fully saturated rings. The smallest absolute Gasteiger partial charge is 0.309 e. The van der Waals surface area contributed by atoms with Crippen LogP contribution in [0.15, 0.2) is 29.6 Å². The number of likely N-dealkylation sites (tertiary alicyclic amines) is 1. The first-order valence-corrected chi connectivity index (χ1v) is 10.5. The Balaban J connectivity index is 1.27. The second kappa shape index (κ2) is 7.98. The second-order valence-corrected chi connectivity index (χ2v) is 8.37. The predicted octanol–water partition coefficient (Wildman–Crippen LogP) is 4.16. The molecule has 142 valence electrons. The number of rotatable bonds is 5. The minimum absolute atomic E-state index is 0.130. The number of piperidine rings is 1. The van der Waals surface area contributed by atoms with Crippen LogP contribution in [0.3, 0.4) is 0 Å². The largest absolute Gasteiger partial charge is 0.459 e. The van der Waals surface area contributed by atoms with Crippen molar-refractivity contribution in [1.29, 1.82) is 0 Å². The minimum Gasteiger partial charge on any atom is -0.459 e. The summed E-state index contributed by atoms with van der Waals surface area (Å²) in [6, 6.07) is 7.56. The van der Waals surface area contributed by atoms with Crippen molar-refractivity contribution in [1.82, 2.24) is 9.88 Å². The number of aromatic nitrogens is 1. The topological polar surface area (TPSA) is 59.5 Å². The lowest BCUT2D eigenvalue weighted by molar-refractivity contribution is -0.153. The van der Waals surface area contributed by atoms with Gasteiger partial charge in [-0.25, -0.2) is 4.98 Å². The molecule has 2 heterocycles. The van der Waals surface area contributed by atoms with Crippen LogP contribution in [0, 0.1) is 11.8 Å². The zero-order valence-corrected chi connectivity index (χ0v) is 16.5. The zero-order valence-electron chi connectivity index (χ0n) is 14.9. The standard InChI is InChI=1S/C20H21ClN2O3S/c21-17-4-2-1-3-16(17)18-22-15(12-27-18)11-26-20(25)14-7-9-23(10-8-14)19(24)13-5-6-13/h1-4,12-14H,5-11H2. The Bertz CT molecular complexity index is 841. The molecule has 0 N–H and O–H groups in total. The highest BCUT2D eigenvalue weighted by atomic mass is 35.5.